The van der Waals surface area contributed by atoms with Crippen LogP contribution >= 0.6 is 0 Å². The van der Waals surface area contributed by atoms with Crippen LogP contribution in [0.4, 0.5) is 5.69 Å². The first-order chi connectivity index (χ1) is 7.00. The molecule has 0 spiro atoms. The third-order valence-corrected chi connectivity index (χ3v) is 2.48. The lowest BCUT2D eigenvalue weighted by atomic mass is 10.0. The zero-order chi connectivity index (χ0) is 11.4. The van der Waals surface area contributed by atoms with Gasteiger partial charge in [0.15, 0.2) is 0 Å². The van der Waals surface area contributed by atoms with Crippen molar-refractivity contribution < 1.29 is 10.1 Å². The van der Waals surface area contributed by atoms with Gasteiger partial charge < -0.3 is 20.5 Å². The fourth-order valence-corrected chi connectivity index (χ4v) is 1.60. The molecule has 1 aromatic rings. The predicted octanol–water partition coefficient (Wildman–Crippen LogP) is -0.553. The van der Waals surface area contributed by atoms with E-state index in [4.69, 9.17) is 0 Å². The summed E-state index contributed by atoms with van der Waals surface area (Å²) in [5.41, 5.74) is 1.82. The van der Waals surface area contributed by atoms with Crippen molar-refractivity contribution in [2.75, 3.05) is 20.6 Å². The summed E-state index contributed by atoms with van der Waals surface area (Å²) in [5.74, 6) is 0.225. The molecule has 0 heterocycles. The molecule has 1 rings (SSSR count). The molecule has 0 aliphatic rings. The lowest BCUT2D eigenvalue weighted by Gasteiger charge is -2.21. The highest BCUT2D eigenvalue weighted by molar-refractivity contribution is 5.33. The number of hydroxylamine groups is 3. The van der Waals surface area contributed by atoms with E-state index < -0.39 is 0 Å². The van der Waals surface area contributed by atoms with Crippen LogP contribution in [0.3, 0.4) is 0 Å². The molecule has 0 amide bonds. The van der Waals surface area contributed by atoms with Crippen molar-refractivity contribution in [3.63, 3.8) is 0 Å². The van der Waals surface area contributed by atoms with Gasteiger partial charge in [-0.25, -0.2) is 0 Å². The molecule has 0 saturated carbocycles. The summed E-state index contributed by atoms with van der Waals surface area (Å²) in [6, 6.07) is 7.47. The lowest BCUT2D eigenvalue weighted by Crippen LogP contribution is -3.04. The van der Waals surface area contributed by atoms with Gasteiger partial charge in [-0.3, -0.25) is 0 Å². The fraction of sp³-hybridized carbons (Fsp3) is 0.455. The van der Waals surface area contributed by atoms with Crippen LogP contribution in [0.15, 0.2) is 24.3 Å². The minimum atomic E-state index is 0.0702. The van der Waals surface area contributed by atoms with E-state index >= 15 is 0 Å². The summed E-state index contributed by atoms with van der Waals surface area (Å²) in [4.78, 5) is 0. The topological polar surface area (TPSA) is 55.0 Å². The number of benzene rings is 1. The molecule has 0 aromatic heterocycles. The van der Waals surface area contributed by atoms with E-state index in [1.807, 2.05) is 31.2 Å². The van der Waals surface area contributed by atoms with Crippen LogP contribution in [0.5, 0.6) is 0 Å². The van der Waals surface area contributed by atoms with E-state index in [0.29, 0.717) is 12.2 Å². The second-order valence-electron chi connectivity index (χ2n) is 3.99. The Labute approximate surface area is 90.3 Å². The van der Waals surface area contributed by atoms with Crippen molar-refractivity contribution >= 4 is 5.69 Å². The van der Waals surface area contributed by atoms with Gasteiger partial charge in [0.1, 0.15) is 5.69 Å². The number of quaternary nitrogens is 2. The van der Waals surface area contributed by atoms with Crippen molar-refractivity contribution in [3.05, 3.63) is 40.2 Å². The van der Waals surface area contributed by atoms with Gasteiger partial charge in [0.05, 0.1) is 20.6 Å². The highest BCUT2D eigenvalue weighted by Gasteiger charge is 2.08. The quantitative estimate of drug-likeness (QED) is 0.655. The number of hydrogen-bond acceptors (Lipinski definition) is 2. The van der Waals surface area contributed by atoms with Gasteiger partial charge in [0.2, 0.25) is 0 Å². The van der Waals surface area contributed by atoms with Crippen LogP contribution in [0.2, 0.25) is 0 Å². The van der Waals surface area contributed by atoms with E-state index in [-0.39, 0.29) is 16.0 Å². The molecule has 2 N–H and O–H groups in total. The number of hydrogen-bond donors (Lipinski definition) is 2. The van der Waals surface area contributed by atoms with E-state index in [9.17, 15) is 10.4 Å². The molecule has 15 heavy (non-hydrogen) atoms. The molecule has 4 nitrogen and oxygen atoms in total. The summed E-state index contributed by atoms with van der Waals surface area (Å²) in [6.45, 7) is 2.57. The molecule has 3 unspecified atom stereocenters. The second-order valence-corrected chi connectivity index (χ2v) is 3.99. The minimum absolute atomic E-state index is 0.0702. The molecule has 0 aliphatic heterocycles. The Kier molecular flexibility index (Phi) is 4.23. The first kappa shape index (κ1) is 12.1. The van der Waals surface area contributed by atoms with Crippen molar-refractivity contribution in [1.82, 2.24) is 0 Å². The molecular weight excluding hydrogens is 192 g/mol. The molecule has 0 bridgehead atoms. The van der Waals surface area contributed by atoms with Crippen LogP contribution in [-0.4, -0.2) is 20.6 Å². The van der Waals surface area contributed by atoms with Crippen molar-refractivity contribution in [3.8, 4) is 0 Å². The maximum Gasteiger partial charge on any atom is 0.130 e. The summed E-state index contributed by atoms with van der Waals surface area (Å²) in [6.07, 6.45) is 0. The fourth-order valence-electron chi connectivity index (χ4n) is 1.60. The second kappa shape index (κ2) is 5.23. The van der Waals surface area contributed by atoms with Gasteiger partial charge in [0.25, 0.3) is 0 Å². The van der Waals surface area contributed by atoms with E-state index in [2.05, 4.69) is 0 Å². The van der Waals surface area contributed by atoms with Gasteiger partial charge in [-0.2, -0.15) is 0 Å². The molecular formula is C11H18N2O2. The Bertz CT molecular complexity index is 296. The highest BCUT2D eigenvalue weighted by Crippen LogP contribution is 2.14. The van der Waals surface area contributed by atoms with Crippen LogP contribution in [0, 0.1) is 10.4 Å². The van der Waals surface area contributed by atoms with Crippen molar-refractivity contribution in [2.24, 2.45) is 0 Å². The Balaban J connectivity index is 2.71. The first-order valence-corrected chi connectivity index (χ1v) is 5.11. The average molecular weight is 210 g/mol. The van der Waals surface area contributed by atoms with E-state index in [0.717, 1.165) is 5.56 Å². The Morgan fingerprint density at radius 2 is 1.67 bits per heavy atom. The van der Waals surface area contributed by atoms with E-state index in [1.54, 1.807) is 14.1 Å². The Hall–Kier alpha value is -0.940. The monoisotopic (exact) mass is 210 g/mol. The summed E-state index contributed by atoms with van der Waals surface area (Å²) < 4.78 is 0. The molecule has 1 aromatic carbocycles. The minimum Gasteiger partial charge on any atom is -0.634 e. The van der Waals surface area contributed by atoms with Crippen LogP contribution in [0.25, 0.3) is 0 Å². The molecule has 3 atom stereocenters. The van der Waals surface area contributed by atoms with Crippen molar-refractivity contribution in [2.45, 2.75) is 12.8 Å². The molecule has 0 radical (unpaired) electrons. The first-order valence-electron chi connectivity index (χ1n) is 5.11. The molecule has 0 saturated heterocycles. The van der Waals surface area contributed by atoms with Gasteiger partial charge >= 0.3 is 0 Å². The summed E-state index contributed by atoms with van der Waals surface area (Å²) in [5, 5.41) is 22.3. The van der Waals surface area contributed by atoms with Gasteiger partial charge in [-0.05, 0) is 17.7 Å². The molecule has 0 fully saturated rings. The summed E-state index contributed by atoms with van der Waals surface area (Å²) in [7, 11) is 3.15. The smallest absolute Gasteiger partial charge is 0.130 e. The normalized spacial score (nSPS) is 17.1. The van der Waals surface area contributed by atoms with Crippen LogP contribution in [-0.2, 0) is 0 Å². The number of likely N-dealkylation sites (N-methyl/N-ethyl adjacent to an activating group) is 1. The highest BCUT2D eigenvalue weighted by atomic mass is 16.5. The van der Waals surface area contributed by atoms with Crippen LogP contribution in [0.1, 0.15) is 18.4 Å². The third-order valence-electron chi connectivity index (χ3n) is 2.48. The predicted molar refractivity (Wildman–Crippen MR) is 59.9 cm³/mol. The number of rotatable bonds is 4. The van der Waals surface area contributed by atoms with Gasteiger partial charge in [-0.1, -0.05) is 19.1 Å². The zero-order valence-electron chi connectivity index (χ0n) is 9.41. The standard InChI is InChI=1S/C11H18N2O2/c1-9(8-12(2)14)10-4-6-11(7-5-10)13(3)15/h4-7,9,12-13H,8H2,1-3H3. The summed E-state index contributed by atoms with van der Waals surface area (Å²) >= 11 is 0. The van der Waals surface area contributed by atoms with Gasteiger partial charge in [-0.15, -0.1) is 0 Å². The molecule has 84 valence electrons. The van der Waals surface area contributed by atoms with E-state index in [1.165, 1.54) is 0 Å². The maximum atomic E-state index is 11.1. The molecule has 4 heteroatoms. The van der Waals surface area contributed by atoms with Gasteiger partial charge in [0, 0.05) is 5.92 Å². The maximum absolute atomic E-state index is 11.1. The third kappa shape index (κ3) is 3.60. The SMILES string of the molecule is CC(C[NH+](C)[O-])c1ccc([NH+](C)[O-])cc1. The largest absolute Gasteiger partial charge is 0.634 e. The average Bonchev–Trinajstić information content (AvgIpc) is 2.17. The zero-order valence-corrected chi connectivity index (χ0v) is 9.41. The van der Waals surface area contributed by atoms with Crippen LogP contribution < -0.4 is 10.1 Å². The number of nitrogens with one attached hydrogen (secondary N) is 2. The van der Waals surface area contributed by atoms with Crippen molar-refractivity contribution in [1.29, 1.82) is 0 Å². The Morgan fingerprint density at radius 3 is 2.07 bits per heavy atom. The molecule has 0 aliphatic carbocycles. The lowest BCUT2D eigenvalue weighted by molar-refractivity contribution is -0.827. The Morgan fingerprint density at radius 1 is 1.13 bits per heavy atom.